The predicted molar refractivity (Wildman–Crippen MR) is 93.9 cm³/mol. The molecule has 1 aliphatic rings. The Balaban J connectivity index is 1.93. The molecule has 0 saturated heterocycles. The van der Waals surface area contributed by atoms with E-state index < -0.39 is 0 Å². The van der Waals surface area contributed by atoms with E-state index in [4.69, 9.17) is 0 Å². The summed E-state index contributed by atoms with van der Waals surface area (Å²) in [5.74, 6) is 0. The van der Waals surface area contributed by atoms with Crippen molar-refractivity contribution in [2.45, 2.75) is 12.8 Å². The van der Waals surface area contributed by atoms with Gasteiger partial charge in [-0.25, -0.2) is 0 Å². The van der Waals surface area contributed by atoms with Gasteiger partial charge in [0.2, 0.25) is 0 Å². The van der Waals surface area contributed by atoms with Crippen LogP contribution in [0.2, 0.25) is 0 Å². The lowest BCUT2D eigenvalue weighted by molar-refractivity contribution is 0.112. The third-order valence-corrected chi connectivity index (χ3v) is 4.42. The summed E-state index contributed by atoms with van der Waals surface area (Å²) in [5.41, 5.74) is 6.92. The van der Waals surface area contributed by atoms with Gasteiger partial charge >= 0.3 is 0 Å². The van der Waals surface area contributed by atoms with Crippen molar-refractivity contribution in [3.63, 3.8) is 0 Å². The summed E-state index contributed by atoms with van der Waals surface area (Å²) in [7, 11) is 0. The number of hydrogen-bond donors (Lipinski definition) is 0. The van der Waals surface area contributed by atoms with E-state index in [0.29, 0.717) is 5.56 Å². The minimum Gasteiger partial charge on any atom is -0.310 e. The first-order valence-corrected chi connectivity index (χ1v) is 7.88. The summed E-state index contributed by atoms with van der Waals surface area (Å²) in [4.78, 5) is 13.2. The Bertz CT molecular complexity index is 804. The molecule has 112 valence electrons. The van der Waals surface area contributed by atoms with E-state index in [2.05, 4.69) is 53.4 Å². The number of aldehydes is 1. The number of carbonyl (C=O) groups excluding carboxylic acids is 1. The van der Waals surface area contributed by atoms with Gasteiger partial charge in [-0.15, -0.1) is 0 Å². The van der Waals surface area contributed by atoms with Gasteiger partial charge in [0.1, 0.15) is 6.29 Å². The van der Waals surface area contributed by atoms with Crippen molar-refractivity contribution < 1.29 is 4.79 Å². The van der Waals surface area contributed by atoms with E-state index in [9.17, 15) is 4.79 Å². The molecule has 1 heterocycles. The molecule has 0 aromatic heterocycles. The predicted octanol–water partition coefficient (Wildman–Crippen LogP) is 5.07. The van der Waals surface area contributed by atoms with Crippen molar-refractivity contribution in [3.05, 3.63) is 89.5 Å². The fourth-order valence-electron chi connectivity index (χ4n) is 3.26. The Labute approximate surface area is 136 Å². The normalized spacial score (nSPS) is 13.0. The van der Waals surface area contributed by atoms with Gasteiger partial charge < -0.3 is 4.90 Å². The highest BCUT2D eigenvalue weighted by molar-refractivity contribution is 5.83. The van der Waals surface area contributed by atoms with Crippen molar-refractivity contribution in [3.8, 4) is 0 Å². The smallest absolute Gasteiger partial charge is 0.150 e. The maximum atomic E-state index is 10.9. The molecule has 0 atom stereocenters. The van der Waals surface area contributed by atoms with Crippen LogP contribution in [-0.2, 0) is 12.8 Å². The summed E-state index contributed by atoms with van der Waals surface area (Å²) in [6.45, 7) is 0. The third-order valence-electron chi connectivity index (χ3n) is 4.42. The van der Waals surface area contributed by atoms with Crippen LogP contribution in [0.1, 0.15) is 21.5 Å². The Morgan fingerprint density at radius 1 is 0.696 bits per heavy atom. The molecule has 2 heteroatoms. The van der Waals surface area contributed by atoms with Gasteiger partial charge in [-0.1, -0.05) is 36.4 Å². The van der Waals surface area contributed by atoms with Crippen LogP contribution in [0.15, 0.2) is 72.8 Å². The van der Waals surface area contributed by atoms with Crippen molar-refractivity contribution >= 4 is 23.3 Å². The van der Waals surface area contributed by atoms with Gasteiger partial charge in [0.15, 0.2) is 0 Å². The van der Waals surface area contributed by atoms with Crippen molar-refractivity contribution in [2.75, 3.05) is 4.90 Å². The molecule has 23 heavy (non-hydrogen) atoms. The van der Waals surface area contributed by atoms with E-state index in [1.165, 1.54) is 22.5 Å². The number of rotatable bonds is 2. The van der Waals surface area contributed by atoms with E-state index in [0.717, 1.165) is 24.8 Å². The van der Waals surface area contributed by atoms with Crippen LogP contribution in [-0.4, -0.2) is 6.29 Å². The van der Waals surface area contributed by atoms with Crippen LogP contribution >= 0.6 is 0 Å². The Kier molecular flexibility index (Phi) is 3.43. The molecule has 0 saturated carbocycles. The molecular weight excluding hydrogens is 282 g/mol. The van der Waals surface area contributed by atoms with Crippen LogP contribution in [0.3, 0.4) is 0 Å². The molecule has 4 rings (SSSR count). The number of anilines is 3. The molecular formula is C21H17NO. The summed E-state index contributed by atoms with van der Waals surface area (Å²) in [6.07, 6.45) is 2.96. The van der Waals surface area contributed by atoms with E-state index in [1.807, 2.05) is 24.3 Å². The third kappa shape index (κ3) is 2.42. The lowest BCUT2D eigenvalue weighted by Crippen LogP contribution is -2.11. The number of fused-ring (bicyclic) bond motifs is 2. The van der Waals surface area contributed by atoms with Crippen molar-refractivity contribution in [2.24, 2.45) is 0 Å². The quantitative estimate of drug-likeness (QED) is 0.616. The van der Waals surface area contributed by atoms with Gasteiger partial charge in [-0.3, -0.25) is 4.79 Å². The number of para-hydroxylation sites is 2. The minimum absolute atomic E-state index is 0.699. The molecule has 0 N–H and O–H groups in total. The first-order valence-electron chi connectivity index (χ1n) is 7.88. The lowest BCUT2D eigenvalue weighted by atomic mass is 10.0. The van der Waals surface area contributed by atoms with Crippen LogP contribution in [0.5, 0.6) is 0 Å². The zero-order valence-electron chi connectivity index (χ0n) is 12.8. The Morgan fingerprint density at radius 3 is 1.74 bits per heavy atom. The second-order valence-corrected chi connectivity index (χ2v) is 5.80. The fourth-order valence-corrected chi connectivity index (χ4v) is 3.26. The summed E-state index contributed by atoms with van der Waals surface area (Å²) >= 11 is 0. The Morgan fingerprint density at radius 2 is 1.22 bits per heavy atom. The monoisotopic (exact) mass is 299 g/mol. The average Bonchev–Trinajstić information content (AvgIpc) is 2.79. The zero-order valence-corrected chi connectivity index (χ0v) is 12.8. The molecule has 0 fully saturated rings. The molecule has 0 amide bonds. The number of hydrogen-bond acceptors (Lipinski definition) is 2. The minimum atomic E-state index is 0.699. The Hall–Kier alpha value is -2.87. The topological polar surface area (TPSA) is 20.3 Å². The SMILES string of the molecule is O=Cc1ccc(N2c3ccccc3CCc3ccccc32)cc1. The largest absolute Gasteiger partial charge is 0.310 e. The van der Waals surface area contributed by atoms with Gasteiger partial charge in [0.05, 0.1) is 0 Å². The zero-order chi connectivity index (χ0) is 15.6. The molecule has 0 radical (unpaired) electrons. The van der Waals surface area contributed by atoms with Crippen LogP contribution < -0.4 is 4.90 Å². The first-order chi connectivity index (χ1) is 11.4. The van der Waals surface area contributed by atoms with Crippen LogP contribution in [0.25, 0.3) is 0 Å². The summed E-state index contributed by atoms with van der Waals surface area (Å²) in [6, 6.07) is 24.9. The maximum Gasteiger partial charge on any atom is 0.150 e. The van der Waals surface area contributed by atoms with Crippen molar-refractivity contribution in [1.82, 2.24) is 0 Å². The maximum absolute atomic E-state index is 10.9. The molecule has 0 bridgehead atoms. The molecule has 3 aromatic rings. The summed E-state index contributed by atoms with van der Waals surface area (Å²) in [5, 5.41) is 0. The highest BCUT2D eigenvalue weighted by atomic mass is 16.1. The number of carbonyl (C=O) groups is 1. The van der Waals surface area contributed by atoms with E-state index in [1.54, 1.807) is 0 Å². The van der Waals surface area contributed by atoms with Gasteiger partial charge in [0, 0.05) is 22.6 Å². The van der Waals surface area contributed by atoms with Crippen LogP contribution in [0, 0.1) is 0 Å². The number of benzene rings is 3. The first kappa shape index (κ1) is 13.8. The molecule has 0 spiro atoms. The van der Waals surface area contributed by atoms with E-state index in [-0.39, 0.29) is 0 Å². The number of aryl methyl sites for hydroxylation is 2. The standard InChI is InChI=1S/C21H17NO/c23-15-16-9-13-19(14-10-16)22-20-7-3-1-5-17(20)11-12-18-6-2-4-8-21(18)22/h1-10,13-15H,11-12H2. The second kappa shape index (κ2) is 5.73. The average molecular weight is 299 g/mol. The van der Waals surface area contributed by atoms with Gasteiger partial charge in [-0.2, -0.15) is 0 Å². The molecule has 0 unspecified atom stereocenters. The number of nitrogens with zero attached hydrogens (tertiary/aromatic N) is 1. The lowest BCUT2D eigenvalue weighted by Gasteiger charge is -2.27. The molecule has 1 aliphatic heterocycles. The van der Waals surface area contributed by atoms with Gasteiger partial charge in [0.25, 0.3) is 0 Å². The fraction of sp³-hybridized carbons (Fsp3) is 0.0952. The van der Waals surface area contributed by atoms with Crippen LogP contribution in [0.4, 0.5) is 17.1 Å². The summed E-state index contributed by atoms with van der Waals surface area (Å²) < 4.78 is 0. The molecule has 0 aliphatic carbocycles. The highest BCUT2D eigenvalue weighted by Crippen LogP contribution is 2.41. The highest BCUT2D eigenvalue weighted by Gasteiger charge is 2.21. The van der Waals surface area contributed by atoms with Crippen molar-refractivity contribution in [1.29, 1.82) is 0 Å². The molecule has 2 nitrogen and oxygen atoms in total. The van der Waals surface area contributed by atoms with Gasteiger partial charge in [-0.05, 0) is 60.4 Å². The second-order valence-electron chi connectivity index (χ2n) is 5.80. The molecule has 3 aromatic carbocycles. The van der Waals surface area contributed by atoms with E-state index >= 15 is 0 Å².